The molecule has 0 amide bonds. The third-order valence-electron chi connectivity index (χ3n) is 12.9. The molecule has 0 spiro atoms. The van der Waals surface area contributed by atoms with Crippen molar-refractivity contribution >= 4 is 17.9 Å². The minimum atomic E-state index is -0.779. The van der Waals surface area contributed by atoms with Gasteiger partial charge in [0.1, 0.15) is 13.2 Å². The molecule has 0 aliphatic carbocycles. The van der Waals surface area contributed by atoms with Crippen LogP contribution in [0.3, 0.4) is 0 Å². The molecule has 0 aromatic rings. The molecular formula is C60H110O6. The molecule has 0 saturated carbocycles. The Kier molecular flexibility index (Phi) is 53.2. The van der Waals surface area contributed by atoms with Gasteiger partial charge in [0, 0.05) is 19.3 Å². The first-order valence-electron chi connectivity index (χ1n) is 29.0. The smallest absolute Gasteiger partial charge is 0.306 e. The van der Waals surface area contributed by atoms with Crippen molar-refractivity contribution in [2.24, 2.45) is 0 Å². The molecule has 0 saturated heterocycles. The topological polar surface area (TPSA) is 78.9 Å². The maximum Gasteiger partial charge on any atom is 0.306 e. The fourth-order valence-electron chi connectivity index (χ4n) is 8.58. The standard InChI is InChI=1S/C60H110O6/c1-4-7-10-13-16-19-22-25-27-28-29-30-31-33-35-38-41-44-47-50-53-59(62)65-56-57(55-64-58(61)52-49-46-43-40-37-34-24-21-18-15-12-9-6-3)66-60(63)54-51-48-45-42-39-36-32-26-23-20-17-14-11-8-5-2/h9,12,18,21,34,37,57H,4-8,10-11,13-17,19-20,22-33,35-36,38-56H2,1-3H3/b12-9-,21-18-,37-34-. The molecule has 0 rings (SSSR count). The zero-order chi connectivity index (χ0) is 47.9. The number of ether oxygens (including phenoxy) is 3. The van der Waals surface area contributed by atoms with Crippen LogP contribution >= 0.6 is 0 Å². The fourth-order valence-corrected chi connectivity index (χ4v) is 8.58. The van der Waals surface area contributed by atoms with E-state index in [2.05, 4.69) is 57.2 Å². The van der Waals surface area contributed by atoms with Crippen LogP contribution in [-0.4, -0.2) is 37.2 Å². The summed E-state index contributed by atoms with van der Waals surface area (Å²) in [5.74, 6) is -0.888. The molecule has 66 heavy (non-hydrogen) atoms. The molecule has 0 aliphatic rings. The van der Waals surface area contributed by atoms with Gasteiger partial charge in [-0.25, -0.2) is 0 Å². The lowest BCUT2D eigenvalue weighted by Crippen LogP contribution is -2.30. The van der Waals surface area contributed by atoms with E-state index in [4.69, 9.17) is 14.2 Å². The summed E-state index contributed by atoms with van der Waals surface area (Å²) in [6.07, 6.45) is 65.7. The summed E-state index contributed by atoms with van der Waals surface area (Å²) in [5.41, 5.74) is 0. The summed E-state index contributed by atoms with van der Waals surface area (Å²) in [6.45, 7) is 6.55. The van der Waals surface area contributed by atoms with Gasteiger partial charge in [0.15, 0.2) is 6.10 Å². The monoisotopic (exact) mass is 927 g/mol. The lowest BCUT2D eigenvalue weighted by molar-refractivity contribution is -0.167. The number of hydrogen-bond donors (Lipinski definition) is 0. The highest BCUT2D eigenvalue weighted by molar-refractivity contribution is 5.71. The molecular weight excluding hydrogens is 817 g/mol. The molecule has 0 N–H and O–H groups in total. The molecule has 0 bridgehead atoms. The van der Waals surface area contributed by atoms with Gasteiger partial charge in [-0.3, -0.25) is 14.4 Å². The average Bonchev–Trinajstić information content (AvgIpc) is 3.31. The zero-order valence-corrected chi connectivity index (χ0v) is 44.2. The van der Waals surface area contributed by atoms with E-state index in [0.29, 0.717) is 19.3 Å². The number of esters is 3. The van der Waals surface area contributed by atoms with Crippen LogP contribution in [0.2, 0.25) is 0 Å². The first-order chi connectivity index (χ1) is 32.5. The van der Waals surface area contributed by atoms with E-state index in [1.165, 1.54) is 186 Å². The van der Waals surface area contributed by atoms with E-state index in [1.807, 2.05) is 0 Å². The van der Waals surface area contributed by atoms with E-state index in [0.717, 1.165) is 83.5 Å². The lowest BCUT2D eigenvalue weighted by Gasteiger charge is -2.18. The van der Waals surface area contributed by atoms with E-state index in [1.54, 1.807) is 0 Å². The van der Waals surface area contributed by atoms with Crippen LogP contribution in [0.1, 0.15) is 310 Å². The van der Waals surface area contributed by atoms with Crippen LogP contribution in [-0.2, 0) is 28.6 Å². The fraction of sp³-hybridized carbons (Fsp3) is 0.850. The number of carbonyl (C=O) groups excluding carboxylic acids is 3. The summed E-state index contributed by atoms with van der Waals surface area (Å²) in [6, 6.07) is 0. The molecule has 0 aromatic heterocycles. The van der Waals surface area contributed by atoms with Crippen molar-refractivity contribution < 1.29 is 28.6 Å². The van der Waals surface area contributed by atoms with Crippen molar-refractivity contribution in [2.45, 2.75) is 316 Å². The Morgan fingerprint density at radius 1 is 0.318 bits per heavy atom. The van der Waals surface area contributed by atoms with Gasteiger partial charge in [-0.1, -0.05) is 276 Å². The van der Waals surface area contributed by atoms with Crippen molar-refractivity contribution in [1.29, 1.82) is 0 Å². The minimum absolute atomic E-state index is 0.0765. The summed E-state index contributed by atoms with van der Waals surface area (Å²) >= 11 is 0. The van der Waals surface area contributed by atoms with Crippen molar-refractivity contribution in [3.8, 4) is 0 Å². The SMILES string of the molecule is CC/C=C\C/C=C\C/C=C\CCCCCC(=O)OCC(COC(=O)CCCCCCCCCCCCCCCCCCCCCC)OC(=O)CCCCCCCCCCCCCCCCC. The highest BCUT2D eigenvalue weighted by atomic mass is 16.6. The highest BCUT2D eigenvalue weighted by Crippen LogP contribution is 2.17. The first kappa shape index (κ1) is 63.6. The van der Waals surface area contributed by atoms with Gasteiger partial charge in [-0.2, -0.15) is 0 Å². The molecule has 0 aliphatic heterocycles. The summed E-state index contributed by atoms with van der Waals surface area (Å²) in [4.78, 5) is 38.1. The summed E-state index contributed by atoms with van der Waals surface area (Å²) in [7, 11) is 0. The second-order valence-corrected chi connectivity index (χ2v) is 19.5. The quantitative estimate of drug-likeness (QED) is 0.0262. The largest absolute Gasteiger partial charge is 0.462 e. The van der Waals surface area contributed by atoms with Crippen molar-refractivity contribution in [3.63, 3.8) is 0 Å². The van der Waals surface area contributed by atoms with Crippen LogP contribution in [0.4, 0.5) is 0 Å². The van der Waals surface area contributed by atoms with Crippen LogP contribution < -0.4 is 0 Å². The Morgan fingerprint density at radius 2 is 0.591 bits per heavy atom. The number of carbonyl (C=O) groups is 3. The van der Waals surface area contributed by atoms with Crippen LogP contribution in [0.5, 0.6) is 0 Å². The van der Waals surface area contributed by atoms with Gasteiger partial charge < -0.3 is 14.2 Å². The molecule has 0 fully saturated rings. The van der Waals surface area contributed by atoms with Gasteiger partial charge in [-0.15, -0.1) is 0 Å². The molecule has 0 radical (unpaired) electrons. The van der Waals surface area contributed by atoms with Crippen LogP contribution in [0, 0.1) is 0 Å². The van der Waals surface area contributed by atoms with Crippen LogP contribution in [0.15, 0.2) is 36.5 Å². The third-order valence-corrected chi connectivity index (χ3v) is 12.9. The Morgan fingerprint density at radius 3 is 0.924 bits per heavy atom. The second kappa shape index (κ2) is 55.2. The normalized spacial score (nSPS) is 12.2. The second-order valence-electron chi connectivity index (χ2n) is 19.5. The molecule has 6 heteroatoms. The maximum absolute atomic E-state index is 12.8. The van der Waals surface area contributed by atoms with Gasteiger partial charge in [0.05, 0.1) is 0 Å². The molecule has 1 unspecified atom stereocenters. The lowest BCUT2D eigenvalue weighted by atomic mass is 10.0. The van der Waals surface area contributed by atoms with Gasteiger partial charge in [0.2, 0.25) is 0 Å². The summed E-state index contributed by atoms with van der Waals surface area (Å²) in [5, 5.41) is 0. The number of allylic oxidation sites excluding steroid dienone is 6. The van der Waals surface area contributed by atoms with E-state index in [9.17, 15) is 14.4 Å². The average molecular weight is 928 g/mol. The number of hydrogen-bond acceptors (Lipinski definition) is 6. The Labute approximate surface area is 410 Å². The van der Waals surface area contributed by atoms with Gasteiger partial charge >= 0.3 is 17.9 Å². The molecule has 6 nitrogen and oxygen atoms in total. The number of unbranched alkanes of at least 4 members (excludes halogenated alkanes) is 36. The predicted molar refractivity (Wildman–Crippen MR) is 284 cm³/mol. The molecule has 0 aromatic carbocycles. The maximum atomic E-state index is 12.8. The Bertz CT molecular complexity index is 1110. The summed E-state index contributed by atoms with van der Waals surface area (Å²) < 4.78 is 16.8. The minimum Gasteiger partial charge on any atom is -0.462 e. The molecule has 386 valence electrons. The van der Waals surface area contributed by atoms with E-state index in [-0.39, 0.29) is 31.1 Å². The Balaban J connectivity index is 4.30. The van der Waals surface area contributed by atoms with Crippen molar-refractivity contribution in [3.05, 3.63) is 36.5 Å². The van der Waals surface area contributed by atoms with E-state index >= 15 is 0 Å². The Hall–Kier alpha value is -2.37. The molecule has 1 atom stereocenters. The van der Waals surface area contributed by atoms with Gasteiger partial charge in [0.25, 0.3) is 0 Å². The van der Waals surface area contributed by atoms with Crippen molar-refractivity contribution in [2.75, 3.05) is 13.2 Å². The predicted octanol–water partition coefficient (Wildman–Crippen LogP) is 19.3. The van der Waals surface area contributed by atoms with Crippen molar-refractivity contribution in [1.82, 2.24) is 0 Å². The third kappa shape index (κ3) is 52.6. The number of rotatable bonds is 53. The zero-order valence-electron chi connectivity index (χ0n) is 44.2. The molecule has 0 heterocycles. The highest BCUT2D eigenvalue weighted by Gasteiger charge is 2.19. The first-order valence-corrected chi connectivity index (χ1v) is 29.0. The van der Waals surface area contributed by atoms with Crippen LogP contribution in [0.25, 0.3) is 0 Å². The van der Waals surface area contributed by atoms with E-state index < -0.39 is 6.10 Å². The van der Waals surface area contributed by atoms with Gasteiger partial charge in [-0.05, 0) is 51.4 Å².